The second-order valence-electron chi connectivity index (χ2n) is 3.79. The number of hydrogen-bond donors (Lipinski definition) is 1. The third-order valence-corrected chi connectivity index (χ3v) is 2.78. The third kappa shape index (κ3) is 1.57. The fourth-order valence-corrected chi connectivity index (χ4v) is 1.99. The minimum atomic E-state index is 0.835. The average Bonchev–Trinajstić information content (AvgIpc) is 2.39. The monoisotopic (exact) mass is 212 g/mol. The van der Waals surface area contributed by atoms with Crippen molar-refractivity contribution in [1.29, 1.82) is 0 Å². The Morgan fingerprint density at radius 2 is 2.12 bits per heavy atom. The molecule has 4 heteroatoms. The summed E-state index contributed by atoms with van der Waals surface area (Å²) in [6, 6.07) is 5.87. The fraction of sp³-hybridized carbons (Fsp3) is 0.250. The SMILES string of the molecule is c1ccc(-c2ncnc3c2CNCC3)nc1. The number of nitrogens with one attached hydrogen (secondary N) is 1. The smallest absolute Gasteiger partial charge is 0.116 e. The van der Waals surface area contributed by atoms with Crippen molar-refractivity contribution in [3.63, 3.8) is 0 Å². The highest BCUT2D eigenvalue weighted by atomic mass is 14.9. The summed E-state index contributed by atoms with van der Waals surface area (Å²) in [5.41, 5.74) is 4.21. The summed E-state index contributed by atoms with van der Waals surface area (Å²) in [5.74, 6) is 0. The van der Waals surface area contributed by atoms with Gasteiger partial charge in [-0.15, -0.1) is 0 Å². The highest BCUT2D eigenvalue weighted by Crippen LogP contribution is 2.22. The molecular weight excluding hydrogens is 200 g/mol. The molecule has 0 aliphatic carbocycles. The van der Waals surface area contributed by atoms with Gasteiger partial charge < -0.3 is 5.32 Å². The lowest BCUT2D eigenvalue weighted by Gasteiger charge is -2.17. The number of aromatic nitrogens is 3. The summed E-state index contributed by atoms with van der Waals surface area (Å²) >= 11 is 0. The van der Waals surface area contributed by atoms with Crippen LogP contribution in [0.5, 0.6) is 0 Å². The number of pyridine rings is 1. The normalized spacial score (nSPS) is 14.5. The summed E-state index contributed by atoms with van der Waals surface area (Å²) in [7, 11) is 0. The highest BCUT2D eigenvalue weighted by molar-refractivity contribution is 5.59. The zero-order chi connectivity index (χ0) is 10.8. The van der Waals surface area contributed by atoms with Gasteiger partial charge in [0.15, 0.2) is 0 Å². The molecule has 0 aromatic carbocycles. The first-order chi connectivity index (χ1) is 7.95. The Hall–Kier alpha value is -1.81. The maximum atomic E-state index is 4.35. The topological polar surface area (TPSA) is 50.7 Å². The predicted molar refractivity (Wildman–Crippen MR) is 60.7 cm³/mol. The lowest BCUT2D eigenvalue weighted by molar-refractivity contribution is 0.627. The molecule has 0 amide bonds. The van der Waals surface area contributed by atoms with Crippen molar-refractivity contribution >= 4 is 0 Å². The first kappa shape index (κ1) is 9.42. The molecule has 3 rings (SSSR count). The van der Waals surface area contributed by atoms with Gasteiger partial charge in [-0.25, -0.2) is 9.97 Å². The molecule has 3 heterocycles. The molecule has 0 spiro atoms. The Balaban J connectivity index is 2.14. The summed E-state index contributed by atoms with van der Waals surface area (Å²) in [6.45, 7) is 1.83. The summed E-state index contributed by atoms with van der Waals surface area (Å²) in [4.78, 5) is 13.0. The van der Waals surface area contributed by atoms with E-state index in [1.54, 1.807) is 12.5 Å². The molecule has 1 aliphatic rings. The van der Waals surface area contributed by atoms with Gasteiger partial charge in [0.25, 0.3) is 0 Å². The Morgan fingerprint density at radius 3 is 3.00 bits per heavy atom. The maximum absolute atomic E-state index is 4.35. The van der Waals surface area contributed by atoms with Gasteiger partial charge in [0.1, 0.15) is 6.33 Å². The van der Waals surface area contributed by atoms with Gasteiger partial charge >= 0.3 is 0 Å². The fourth-order valence-electron chi connectivity index (χ4n) is 1.99. The standard InChI is InChI=1S/C12H12N4/c1-2-5-14-11(3-1)12-9-7-13-6-4-10(9)15-8-16-12/h1-3,5,8,13H,4,6-7H2. The summed E-state index contributed by atoms with van der Waals surface area (Å²) in [5, 5.41) is 3.34. The van der Waals surface area contributed by atoms with Gasteiger partial charge in [0.05, 0.1) is 17.1 Å². The summed E-state index contributed by atoms with van der Waals surface area (Å²) < 4.78 is 0. The van der Waals surface area contributed by atoms with Crippen LogP contribution < -0.4 is 5.32 Å². The predicted octanol–water partition coefficient (Wildman–Crippen LogP) is 1.18. The van der Waals surface area contributed by atoms with Crippen LogP contribution in [0, 0.1) is 0 Å². The van der Waals surface area contributed by atoms with Crippen molar-refractivity contribution < 1.29 is 0 Å². The van der Waals surface area contributed by atoms with Crippen molar-refractivity contribution in [2.45, 2.75) is 13.0 Å². The quantitative estimate of drug-likeness (QED) is 0.771. The zero-order valence-electron chi connectivity index (χ0n) is 8.85. The molecule has 0 atom stereocenters. The van der Waals surface area contributed by atoms with E-state index in [9.17, 15) is 0 Å². The average molecular weight is 212 g/mol. The number of rotatable bonds is 1. The second kappa shape index (κ2) is 3.98. The minimum absolute atomic E-state index is 0.835. The van der Waals surface area contributed by atoms with E-state index in [1.165, 1.54) is 5.56 Å². The maximum Gasteiger partial charge on any atom is 0.116 e. The van der Waals surface area contributed by atoms with E-state index >= 15 is 0 Å². The Bertz CT molecular complexity index is 496. The van der Waals surface area contributed by atoms with Crippen LogP contribution >= 0.6 is 0 Å². The third-order valence-electron chi connectivity index (χ3n) is 2.78. The molecule has 0 radical (unpaired) electrons. The molecule has 2 aromatic heterocycles. The number of nitrogens with zero attached hydrogens (tertiary/aromatic N) is 3. The molecule has 2 aromatic rings. The van der Waals surface area contributed by atoms with Crippen LogP contribution in [0.15, 0.2) is 30.7 Å². The van der Waals surface area contributed by atoms with Crippen molar-refractivity contribution in [1.82, 2.24) is 20.3 Å². The van der Waals surface area contributed by atoms with Gasteiger partial charge in [-0.05, 0) is 12.1 Å². The zero-order valence-corrected chi connectivity index (χ0v) is 8.85. The van der Waals surface area contributed by atoms with E-state index in [0.29, 0.717) is 0 Å². The van der Waals surface area contributed by atoms with E-state index in [-0.39, 0.29) is 0 Å². The van der Waals surface area contributed by atoms with Gasteiger partial charge in [0, 0.05) is 31.3 Å². The number of hydrogen-bond acceptors (Lipinski definition) is 4. The van der Waals surface area contributed by atoms with Crippen LogP contribution in [0.3, 0.4) is 0 Å². The van der Waals surface area contributed by atoms with E-state index in [1.807, 2.05) is 18.2 Å². The van der Waals surface area contributed by atoms with Crippen LogP contribution in [0.25, 0.3) is 11.4 Å². The molecule has 0 saturated heterocycles. The molecule has 1 aliphatic heterocycles. The Labute approximate surface area is 93.8 Å². The van der Waals surface area contributed by atoms with Gasteiger partial charge in [-0.2, -0.15) is 0 Å². The molecule has 1 N–H and O–H groups in total. The minimum Gasteiger partial charge on any atom is -0.312 e. The van der Waals surface area contributed by atoms with Crippen molar-refractivity contribution in [3.05, 3.63) is 42.0 Å². The Kier molecular flexibility index (Phi) is 2.34. The second-order valence-corrected chi connectivity index (χ2v) is 3.79. The van der Waals surface area contributed by atoms with Gasteiger partial charge in [-0.1, -0.05) is 6.07 Å². The van der Waals surface area contributed by atoms with Gasteiger partial charge in [0.2, 0.25) is 0 Å². The molecule has 80 valence electrons. The van der Waals surface area contributed by atoms with E-state index in [2.05, 4.69) is 20.3 Å². The molecule has 4 nitrogen and oxygen atoms in total. The van der Waals surface area contributed by atoms with E-state index in [4.69, 9.17) is 0 Å². The van der Waals surface area contributed by atoms with Crippen molar-refractivity contribution in [2.24, 2.45) is 0 Å². The van der Waals surface area contributed by atoms with E-state index < -0.39 is 0 Å². The highest BCUT2D eigenvalue weighted by Gasteiger charge is 2.16. The largest absolute Gasteiger partial charge is 0.312 e. The molecule has 16 heavy (non-hydrogen) atoms. The Morgan fingerprint density at radius 1 is 1.12 bits per heavy atom. The molecule has 0 bridgehead atoms. The lowest BCUT2D eigenvalue weighted by atomic mass is 10.0. The molecule has 0 fully saturated rings. The van der Waals surface area contributed by atoms with E-state index in [0.717, 1.165) is 36.6 Å². The molecule has 0 saturated carbocycles. The van der Waals surface area contributed by atoms with Crippen molar-refractivity contribution in [2.75, 3.05) is 6.54 Å². The van der Waals surface area contributed by atoms with Crippen LogP contribution in [-0.2, 0) is 13.0 Å². The first-order valence-corrected chi connectivity index (χ1v) is 5.40. The lowest BCUT2D eigenvalue weighted by Crippen LogP contribution is -2.25. The molecule has 0 unspecified atom stereocenters. The summed E-state index contributed by atoms with van der Waals surface area (Å²) in [6.07, 6.45) is 4.39. The van der Waals surface area contributed by atoms with Crippen molar-refractivity contribution in [3.8, 4) is 11.4 Å². The first-order valence-electron chi connectivity index (χ1n) is 5.40. The van der Waals surface area contributed by atoms with Crippen LogP contribution in [0.1, 0.15) is 11.3 Å². The van der Waals surface area contributed by atoms with Crippen LogP contribution in [0.2, 0.25) is 0 Å². The number of fused-ring (bicyclic) bond motifs is 1. The van der Waals surface area contributed by atoms with Crippen LogP contribution in [0.4, 0.5) is 0 Å². The molecular formula is C12H12N4. The van der Waals surface area contributed by atoms with Gasteiger partial charge in [-0.3, -0.25) is 4.98 Å². The van der Waals surface area contributed by atoms with Crippen LogP contribution in [-0.4, -0.2) is 21.5 Å².